The molecule has 0 saturated heterocycles. The average Bonchev–Trinajstić information content (AvgIpc) is 2.83. The second-order valence-electron chi connectivity index (χ2n) is 4.69. The molecule has 1 aliphatic rings. The van der Waals surface area contributed by atoms with Gasteiger partial charge in [0.15, 0.2) is 0 Å². The van der Waals surface area contributed by atoms with Crippen molar-refractivity contribution in [2.75, 3.05) is 12.3 Å². The molecule has 3 rings (SSSR count). The maximum absolute atomic E-state index is 12.8. The Hall–Kier alpha value is -1.28. The van der Waals surface area contributed by atoms with E-state index in [0.717, 1.165) is 0 Å². The number of benzene rings is 1. The molecule has 0 spiro atoms. The van der Waals surface area contributed by atoms with Gasteiger partial charge in [-0.25, -0.2) is 13.4 Å². The Balaban J connectivity index is 2.03. The largest absolute Gasteiger partial charge is 0.399 e. The SMILES string of the molecule is Nc1cc(Cl)c(S(=O)(=O)N2CCn3ccnc3C2)c(Cl)c1. The maximum Gasteiger partial charge on any atom is 0.246 e. The zero-order chi connectivity index (χ0) is 15.2. The zero-order valence-electron chi connectivity index (χ0n) is 10.8. The Kier molecular flexibility index (Phi) is 3.61. The fourth-order valence-corrected chi connectivity index (χ4v) is 4.88. The minimum absolute atomic E-state index is 0.0221. The molecule has 1 aromatic carbocycles. The van der Waals surface area contributed by atoms with Crippen LogP contribution in [0.2, 0.25) is 10.0 Å². The van der Waals surface area contributed by atoms with Gasteiger partial charge in [0.1, 0.15) is 10.7 Å². The summed E-state index contributed by atoms with van der Waals surface area (Å²) in [5.41, 5.74) is 5.93. The highest BCUT2D eigenvalue weighted by Gasteiger charge is 2.32. The van der Waals surface area contributed by atoms with Crippen LogP contribution in [-0.4, -0.2) is 28.8 Å². The normalized spacial score (nSPS) is 15.9. The molecule has 0 aliphatic carbocycles. The number of anilines is 1. The quantitative estimate of drug-likeness (QED) is 0.843. The summed E-state index contributed by atoms with van der Waals surface area (Å²) in [6.07, 6.45) is 3.47. The lowest BCUT2D eigenvalue weighted by atomic mass is 10.3. The Labute approximate surface area is 132 Å². The van der Waals surface area contributed by atoms with Gasteiger partial charge in [0.05, 0.1) is 16.6 Å². The van der Waals surface area contributed by atoms with Crippen molar-refractivity contribution in [2.45, 2.75) is 18.0 Å². The van der Waals surface area contributed by atoms with E-state index in [1.54, 1.807) is 6.20 Å². The van der Waals surface area contributed by atoms with Crippen LogP contribution in [0.5, 0.6) is 0 Å². The molecule has 2 aromatic rings. The molecule has 0 atom stereocenters. The van der Waals surface area contributed by atoms with Crippen molar-refractivity contribution in [1.82, 2.24) is 13.9 Å². The van der Waals surface area contributed by atoms with Crippen molar-refractivity contribution in [3.63, 3.8) is 0 Å². The van der Waals surface area contributed by atoms with E-state index in [9.17, 15) is 8.42 Å². The predicted molar refractivity (Wildman–Crippen MR) is 80.7 cm³/mol. The number of hydrogen-bond donors (Lipinski definition) is 1. The third-order valence-corrected chi connectivity index (χ3v) is 6.10. The lowest BCUT2D eigenvalue weighted by Crippen LogP contribution is -2.38. The summed E-state index contributed by atoms with van der Waals surface area (Å²) in [6, 6.07) is 2.76. The van der Waals surface area contributed by atoms with Crippen molar-refractivity contribution in [1.29, 1.82) is 0 Å². The summed E-state index contributed by atoms with van der Waals surface area (Å²) >= 11 is 12.1. The van der Waals surface area contributed by atoms with Crippen molar-refractivity contribution in [3.8, 4) is 0 Å². The molecule has 1 aliphatic heterocycles. The third kappa shape index (κ3) is 2.50. The molecule has 0 fully saturated rings. The van der Waals surface area contributed by atoms with Gasteiger partial charge in [-0.05, 0) is 12.1 Å². The first-order valence-electron chi connectivity index (χ1n) is 6.14. The highest BCUT2D eigenvalue weighted by molar-refractivity contribution is 7.89. The van der Waals surface area contributed by atoms with Crippen LogP contribution < -0.4 is 5.73 Å². The van der Waals surface area contributed by atoms with Gasteiger partial charge in [-0.1, -0.05) is 23.2 Å². The van der Waals surface area contributed by atoms with Crippen LogP contribution in [0, 0.1) is 0 Å². The van der Waals surface area contributed by atoms with E-state index in [0.29, 0.717) is 24.6 Å². The molecule has 0 unspecified atom stereocenters. The van der Waals surface area contributed by atoms with Crippen LogP contribution in [0.15, 0.2) is 29.4 Å². The molecular formula is C12H12Cl2N4O2S. The lowest BCUT2D eigenvalue weighted by molar-refractivity contribution is 0.335. The Morgan fingerprint density at radius 2 is 1.86 bits per heavy atom. The second kappa shape index (κ2) is 5.17. The van der Waals surface area contributed by atoms with Crippen LogP contribution in [-0.2, 0) is 23.1 Å². The smallest absolute Gasteiger partial charge is 0.246 e. The summed E-state index contributed by atoms with van der Waals surface area (Å²) in [5.74, 6) is 0.688. The van der Waals surface area contributed by atoms with Gasteiger partial charge in [-0.2, -0.15) is 4.31 Å². The van der Waals surface area contributed by atoms with Gasteiger partial charge in [0.25, 0.3) is 0 Å². The molecule has 0 radical (unpaired) electrons. The second-order valence-corrected chi connectivity index (χ2v) is 7.38. The van der Waals surface area contributed by atoms with Crippen molar-refractivity contribution < 1.29 is 8.42 Å². The van der Waals surface area contributed by atoms with E-state index in [1.807, 2.05) is 10.8 Å². The third-order valence-electron chi connectivity index (χ3n) is 3.33. The Morgan fingerprint density at radius 3 is 2.52 bits per heavy atom. The van der Waals surface area contributed by atoms with Gasteiger partial charge in [0, 0.05) is 31.2 Å². The Bertz CT molecular complexity index is 780. The molecule has 21 heavy (non-hydrogen) atoms. The fourth-order valence-electron chi connectivity index (χ4n) is 2.31. The van der Waals surface area contributed by atoms with Crippen molar-refractivity contribution >= 4 is 38.9 Å². The van der Waals surface area contributed by atoms with E-state index >= 15 is 0 Å². The summed E-state index contributed by atoms with van der Waals surface area (Å²) in [7, 11) is -3.80. The van der Waals surface area contributed by atoms with E-state index in [2.05, 4.69) is 4.98 Å². The van der Waals surface area contributed by atoms with E-state index in [4.69, 9.17) is 28.9 Å². The number of nitrogens with zero attached hydrogens (tertiary/aromatic N) is 3. The minimum atomic E-state index is -3.80. The van der Waals surface area contributed by atoms with Gasteiger partial charge in [-0.3, -0.25) is 0 Å². The topological polar surface area (TPSA) is 81.2 Å². The predicted octanol–water partition coefficient (Wildman–Crippen LogP) is 1.98. The molecule has 6 nitrogen and oxygen atoms in total. The number of rotatable bonds is 2. The van der Waals surface area contributed by atoms with Crippen molar-refractivity contribution in [3.05, 3.63) is 40.4 Å². The highest BCUT2D eigenvalue weighted by Crippen LogP contribution is 2.34. The summed E-state index contributed by atoms with van der Waals surface area (Å²) < 4.78 is 28.7. The summed E-state index contributed by atoms with van der Waals surface area (Å²) in [4.78, 5) is 4.03. The first kappa shape index (κ1) is 14.6. The molecule has 9 heteroatoms. The standard InChI is InChI=1S/C12H12Cl2N4O2S/c13-9-5-8(15)6-10(14)12(9)21(19,20)18-4-3-17-2-1-16-11(17)7-18/h1-2,5-6H,3-4,7,15H2. The zero-order valence-corrected chi connectivity index (χ0v) is 13.2. The number of aromatic nitrogens is 2. The minimum Gasteiger partial charge on any atom is -0.399 e. The number of imidazole rings is 1. The molecule has 0 amide bonds. The number of nitrogens with two attached hydrogens (primary N) is 1. The van der Waals surface area contributed by atoms with Crippen LogP contribution in [0.3, 0.4) is 0 Å². The van der Waals surface area contributed by atoms with Crippen LogP contribution in [0.1, 0.15) is 5.82 Å². The van der Waals surface area contributed by atoms with Crippen molar-refractivity contribution in [2.24, 2.45) is 0 Å². The van der Waals surface area contributed by atoms with Gasteiger partial charge in [0.2, 0.25) is 10.0 Å². The van der Waals surface area contributed by atoms with Crippen LogP contribution in [0.4, 0.5) is 5.69 Å². The molecular weight excluding hydrogens is 335 g/mol. The average molecular weight is 347 g/mol. The first-order chi connectivity index (χ1) is 9.89. The number of nitrogen functional groups attached to an aromatic ring is 1. The number of halogens is 2. The molecule has 2 heterocycles. The monoisotopic (exact) mass is 346 g/mol. The molecule has 2 N–H and O–H groups in total. The van der Waals surface area contributed by atoms with E-state index in [-0.39, 0.29) is 21.5 Å². The highest BCUT2D eigenvalue weighted by atomic mass is 35.5. The van der Waals surface area contributed by atoms with Gasteiger partial charge in [-0.15, -0.1) is 0 Å². The van der Waals surface area contributed by atoms with Crippen LogP contribution >= 0.6 is 23.2 Å². The Morgan fingerprint density at radius 1 is 1.19 bits per heavy atom. The van der Waals surface area contributed by atoms with E-state index < -0.39 is 10.0 Å². The summed E-state index contributed by atoms with van der Waals surface area (Å²) in [5, 5.41) is 0.0443. The molecule has 0 saturated carbocycles. The van der Waals surface area contributed by atoms with E-state index in [1.165, 1.54) is 16.4 Å². The number of fused-ring (bicyclic) bond motifs is 1. The molecule has 0 bridgehead atoms. The number of sulfonamides is 1. The maximum atomic E-state index is 12.8. The lowest BCUT2D eigenvalue weighted by Gasteiger charge is -2.27. The molecule has 1 aromatic heterocycles. The van der Waals surface area contributed by atoms with Gasteiger partial charge < -0.3 is 10.3 Å². The van der Waals surface area contributed by atoms with Crippen LogP contribution in [0.25, 0.3) is 0 Å². The number of hydrogen-bond acceptors (Lipinski definition) is 4. The first-order valence-corrected chi connectivity index (χ1v) is 8.34. The van der Waals surface area contributed by atoms with Gasteiger partial charge >= 0.3 is 0 Å². The summed E-state index contributed by atoms with van der Waals surface area (Å²) in [6.45, 7) is 1.06. The fraction of sp³-hybridized carbons (Fsp3) is 0.250. The molecule has 112 valence electrons.